The molecule has 0 saturated carbocycles. The normalized spacial score (nSPS) is 20.5. The van der Waals surface area contributed by atoms with Gasteiger partial charge in [-0.3, -0.25) is 9.48 Å². The first-order valence-electron chi connectivity index (χ1n) is 8.36. The Kier molecular flexibility index (Phi) is 5.84. The first-order valence-corrected chi connectivity index (χ1v) is 10.1. The highest BCUT2D eigenvalue weighted by Crippen LogP contribution is 2.21. The molecule has 0 radical (unpaired) electrons. The van der Waals surface area contributed by atoms with E-state index in [1.54, 1.807) is 11.1 Å². The maximum atomic E-state index is 12.7. The van der Waals surface area contributed by atoms with Crippen LogP contribution in [0.1, 0.15) is 45.1 Å². The summed E-state index contributed by atoms with van der Waals surface area (Å²) in [6.07, 6.45) is 7.17. The van der Waals surface area contributed by atoms with Crippen molar-refractivity contribution < 1.29 is 13.2 Å². The first kappa shape index (κ1) is 18.0. The third-order valence-corrected chi connectivity index (χ3v) is 6.70. The topological polar surface area (TPSA) is 72.3 Å². The van der Waals surface area contributed by atoms with E-state index in [1.807, 2.05) is 24.7 Å². The minimum absolute atomic E-state index is 0.0230. The molecule has 7 heteroatoms. The highest BCUT2D eigenvalue weighted by molar-refractivity contribution is 7.92. The third kappa shape index (κ3) is 4.34. The summed E-state index contributed by atoms with van der Waals surface area (Å²) in [5, 5.41) is 3.33. The third-order valence-electron chi connectivity index (χ3n) is 4.45. The second-order valence-corrected chi connectivity index (χ2v) is 8.87. The van der Waals surface area contributed by atoms with Crippen LogP contribution in [0.25, 0.3) is 0 Å². The first-order chi connectivity index (χ1) is 10.8. The number of aryl methyl sites for hydroxylation is 1. The van der Waals surface area contributed by atoms with Crippen molar-refractivity contribution in [2.45, 2.75) is 64.3 Å². The molecule has 6 nitrogen and oxygen atoms in total. The molecule has 130 valence electrons. The Balaban J connectivity index is 2.12. The molecule has 1 aliphatic rings. The number of nitrogens with zero attached hydrogens (tertiary/aromatic N) is 3. The molecule has 0 spiro atoms. The predicted octanol–water partition coefficient (Wildman–Crippen LogP) is 1.79. The van der Waals surface area contributed by atoms with E-state index in [0.29, 0.717) is 19.5 Å². The zero-order valence-corrected chi connectivity index (χ0v) is 15.1. The van der Waals surface area contributed by atoms with Gasteiger partial charge < -0.3 is 4.90 Å². The lowest BCUT2D eigenvalue weighted by Gasteiger charge is -2.37. The Morgan fingerprint density at radius 2 is 2.17 bits per heavy atom. The van der Waals surface area contributed by atoms with Crippen molar-refractivity contribution in [2.24, 2.45) is 0 Å². The average molecular weight is 341 g/mol. The number of hydrogen-bond donors (Lipinski definition) is 0. The van der Waals surface area contributed by atoms with E-state index in [0.717, 1.165) is 24.8 Å². The van der Waals surface area contributed by atoms with Gasteiger partial charge in [-0.2, -0.15) is 5.10 Å². The molecule has 0 bridgehead atoms. The summed E-state index contributed by atoms with van der Waals surface area (Å²) >= 11 is 0. The molecule has 1 aromatic heterocycles. The number of likely N-dealkylation sites (tertiary alicyclic amines) is 1. The van der Waals surface area contributed by atoms with Gasteiger partial charge >= 0.3 is 0 Å². The van der Waals surface area contributed by atoms with E-state index < -0.39 is 15.1 Å². The Labute approximate surface area is 138 Å². The standard InChI is InChI=1S/C16H27N3O3S/c1-4-9-23(21,22)14(3)16(20)19-8-6-5-7-15(19)12-18-11-13(2)10-17-18/h10-11,14-15H,4-9,12H2,1-3H3. The largest absolute Gasteiger partial charge is 0.337 e. The predicted molar refractivity (Wildman–Crippen MR) is 89.9 cm³/mol. The van der Waals surface area contributed by atoms with Gasteiger partial charge in [0.25, 0.3) is 0 Å². The van der Waals surface area contributed by atoms with Gasteiger partial charge in [0.15, 0.2) is 9.84 Å². The average Bonchev–Trinajstić information content (AvgIpc) is 2.91. The molecule has 2 heterocycles. The fourth-order valence-electron chi connectivity index (χ4n) is 3.11. The maximum absolute atomic E-state index is 12.7. The van der Waals surface area contributed by atoms with Gasteiger partial charge in [0.1, 0.15) is 5.25 Å². The Morgan fingerprint density at radius 1 is 1.43 bits per heavy atom. The van der Waals surface area contributed by atoms with Gasteiger partial charge in [-0.05, 0) is 45.1 Å². The maximum Gasteiger partial charge on any atom is 0.240 e. The quantitative estimate of drug-likeness (QED) is 0.791. The summed E-state index contributed by atoms with van der Waals surface area (Å²) < 4.78 is 26.3. The van der Waals surface area contributed by atoms with Crippen molar-refractivity contribution >= 4 is 15.7 Å². The van der Waals surface area contributed by atoms with Crippen molar-refractivity contribution in [1.82, 2.24) is 14.7 Å². The lowest BCUT2D eigenvalue weighted by atomic mass is 10.0. The summed E-state index contributed by atoms with van der Waals surface area (Å²) in [5.74, 6) is -0.191. The summed E-state index contributed by atoms with van der Waals surface area (Å²) in [7, 11) is -3.36. The highest BCUT2D eigenvalue weighted by atomic mass is 32.2. The Hall–Kier alpha value is -1.37. The molecular weight excluding hydrogens is 314 g/mol. The SMILES string of the molecule is CCCS(=O)(=O)C(C)C(=O)N1CCCCC1Cn1cc(C)cn1. The van der Waals surface area contributed by atoms with Crippen LogP contribution in [0.3, 0.4) is 0 Å². The van der Waals surface area contributed by atoms with E-state index in [2.05, 4.69) is 5.10 Å². The summed E-state index contributed by atoms with van der Waals surface area (Å²) in [5.41, 5.74) is 1.08. The Morgan fingerprint density at radius 3 is 2.78 bits per heavy atom. The van der Waals surface area contributed by atoms with Crippen LogP contribution in [0.2, 0.25) is 0 Å². The second-order valence-electron chi connectivity index (χ2n) is 6.43. The van der Waals surface area contributed by atoms with Crippen molar-refractivity contribution in [3.8, 4) is 0 Å². The second kappa shape index (κ2) is 7.47. The zero-order valence-electron chi connectivity index (χ0n) is 14.2. The zero-order chi connectivity index (χ0) is 17.0. The van der Waals surface area contributed by atoms with E-state index in [1.165, 1.54) is 6.92 Å². The van der Waals surface area contributed by atoms with Crippen LogP contribution in [0.15, 0.2) is 12.4 Å². The van der Waals surface area contributed by atoms with E-state index in [9.17, 15) is 13.2 Å². The van der Waals surface area contributed by atoms with Gasteiger partial charge in [-0.1, -0.05) is 6.92 Å². The van der Waals surface area contributed by atoms with Gasteiger partial charge in [-0.15, -0.1) is 0 Å². The molecule has 1 saturated heterocycles. The van der Waals surface area contributed by atoms with Crippen LogP contribution in [-0.2, 0) is 21.2 Å². The summed E-state index contributed by atoms with van der Waals surface area (Å²) in [4.78, 5) is 14.5. The van der Waals surface area contributed by atoms with Crippen LogP contribution in [0, 0.1) is 6.92 Å². The monoisotopic (exact) mass is 341 g/mol. The number of aromatic nitrogens is 2. The number of sulfone groups is 1. The smallest absolute Gasteiger partial charge is 0.240 e. The Bertz CT molecular complexity index is 639. The minimum atomic E-state index is -3.36. The number of amides is 1. The number of hydrogen-bond acceptors (Lipinski definition) is 4. The van der Waals surface area contributed by atoms with Crippen LogP contribution in [-0.4, -0.2) is 52.6 Å². The summed E-state index contributed by atoms with van der Waals surface area (Å²) in [6, 6.07) is 0.0230. The fourth-order valence-corrected chi connectivity index (χ4v) is 4.48. The molecule has 23 heavy (non-hydrogen) atoms. The van der Waals surface area contributed by atoms with Crippen LogP contribution in [0.5, 0.6) is 0 Å². The van der Waals surface area contributed by atoms with Gasteiger partial charge in [-0.25, -0.2) is 8.42 Å². The fraction of sp³-hybridized carbons (Fsp3) is 0.750. The van der Waals surface area contributed by atoms with Gasteiger partial charge in [0.05, 0.1) is 24.5 Å². The number of carbonyl (C=O) groups is 1. The molecule has 0 N–H and O–H groups in total. The molecule has 1 amide bonds. The number of carbonyl (C=O) groups excluding carboxylic acids is 1. The van der Waals surface area contributed by atoms with E-state index in [4.69, 9.17) is 0 Å². The molecule has 2 unspecified atom stereocenters. The van der Waals surface area contributed by atoms with Crippen molar-refractivity contribution in [1.29, 1.82) is 0 Å². The molecule has 2 atom stereocenters. The van der Waals surface area contributed by atoms with Gasteiger partial charge in [0.2, 0.25) is 5.91 Å². The lowest BCUT2D eigenvalue weighted by Crippen LogP contribution is -2.51. The molecule has 0 aromatic carbocycles. The van der Waals surface area contributed by atoms with Crippen molar-refractivity contribution in [3.05, 3.63) is 18.0 Å². The molecule has 2 rings (SSSR count). The van der Waals surface area contributed by atoms with Crippen molar-refractivity contribution in [2.75, 3.05) is 12.3 Å². The van der Waals surface area contributed by atoms with E-state index >= 15 is 0 Å². The van der Waals surface area contributed by atoms with Crippen LogP contribution in [0.4, 0.5) is 0 Å². The summed E-state index contributed by atoms with van der Waals surface area (Å²) in [6.45, 7) is 6.58. The van der Waals surface area contributed by atoms with Crippen LogP contribution < -0.4 is 0 Å². The van der Waals surface area contributed by atoms with E-state index in [-0.39, 0.29) is 17.7 Å². The van der Waals surface area contributed by atoms with Crippen molar-refractivity contribution in [3.63, 3.8) is 0 Å². The lowest BCUT2D eigenvalue weighted by molar-refractivity contribution is -0.134. The molecular formula is C16H27N3O3S. The number of piperidine rings is 1. The molecule has 1 aromatic rings. The molecule has 0 aliphatic carbocycles. The van der Waals surface area contributed by atoms with Crippen LogP contribution >= 0.6 is 0 Å². The molecule has 1 aliphatic heterocycles. The minimum Gasteiger partial charge on any atom is -0.337 e. The molecule has 1 fully saturated rings. The highest BCUT2D eigenvalue weighted by Gasteiger charge is 2.35. The number of rotatable bonds is 6. The van der Waals surface area contributed by atoms with Gasteiger partial charge in [0, 0.05) is 12.7 Å².